The molecule has 0 amide bonds. The second kappa shape index (κ2) is 6.28. The molecule has 0 aliphatic heterocycles. The van der Waals surface area contributed by atoms with E-state index in [4.69, 9.17) is 4.42 Å². The van der Waals surface area contributed by atoms with Gasteiger partial charge in [0.1, 0.15) is 23.6 Å². The molecule has 2 aromatic carbocycles. The number of nitrogens with zero attached hydrogens (tertiary/aromatic N) is 3. The summed E-state index contributed by atoms with van der Waals surface area (Å²) in [5, 5.41) is 9.25. The molecule has 0 fully saturated rings. The summed E-state index contributed by atoms with van der Waals surface area (Å²) in [6.45, 7) is 0.187. The van der Waals surface area contributed by atoms with Crippen molar-refractivity contribution in [2.24, 2.45) is 0 Å². The van der Waals surface area contributed by atoms with Crippen LogP contribution in [0.4, 0.5) is 14.5 Å². The number of rotatable bonds is 4. The maximum atomic E-state index is 12.9. The fourth-order valence-corrected chi connectivity index (χ4v) is 2.07. The van der Waals surface area contributed by atoms with Crippen molar-refractivity contribution in [3.8, 4) is 17.6 Å². The summed E-state index contributed by atoms with van der Waals surface area (Å²) in [6, 6.07) is 11.4. The molecule has 0 aliphatic rings. The van der Waals surface area contributed by atoms with Gasteiger partial charge in [0.15, 0.2) is 6.19 Å². The van der Waals surface area contributed by atoms with Crippen LogP contribution in [0.5, 0.6) is 0 Å². The average molecular weight is 311 g/mol. The van der Waals surface area contributed by atoms with Gasteiger partial charge in [-0.15, -0.1) is 0 Å². The fraction of sp³-hybridized carbons (Fsp3) is 0.0588. The molecular weight excluding hydrogens is 300 g/mol. The molecule has 6 heteroatoms. The minimum Gasteiger partial charge on any atom is -0.444 e. The molecule has 0 radical (unpaired) electrons. The summed E-state index contributed by atoms with van der Waals surface area (Å²) in [7, 11) is 0. The van der Waals surface area contributed by atoms with E-state index in [9.17, 15) is 14.0 Å². The smallest absolute Gasteiger partial charge is 0.226 e. The lowest BCUT2D eigenvalue weighted by atomic mass is 10.2. The van der Waals surface area contributed by atoms with E-state index < -0.39 is 0 Å². The number of benzene rings is 2. The van der Waals surface area contributed by atoms with E-state index in [0.717, 1.165) is 0 Å². The number of hydrogen-bond donors (Lipinski definition) is 0. The predicted molar refractivity (Wildman–Crippen MR) is 80.1 cm³/mol. The van der Waals surface area contributed by atoms with Crippen molar-refractivity contribution >= 4 is 5.69 Å². The zero-order chi connectivity index (χ0) is 16.2. The van der Waals surface area contributed by atoms with Crippen LogP contribution in [-0.4, -0.2) is 4.98 Å². The Hall–Kier alpha value is -3.20. The summed E-state index contributed by atoms with van der Waals surface area (Å²) >= 11 is 0. The van der Waals surface area contributed by atoms with Crippen molar-refractivity contribution in [1.82, 2.24) is 4.98 Å². The maximum absolute atomic E-state index is 12.9. The van der Waals surface area contributed by atoms with Gasteiger partial charge in [0.05, 0.1) is 12.2 Å². The Morgan fingerprint density at radius 1 is 1.00 bits per heavy atom. The molecule has 0 saturated heterocycles. The molecule has 0 atom stereocenters. The Bertz CT molecular complexity index is 836. The van der Waals surface area contributed by atoms with Crippen molar-refractivity contribution in [1.29, 1.82) is 5.26 Å². The number of nitriles is 1. The van der Waals surface area contributed by atoms with Crippen LogP contribution in [0, 0.1) is 23.1 Å². The topological polar surface area (TPSA) is 53.1 Å². The summed E-state index contributed by atoms with van der Waals surface area (Å²) in [4.78, 5) is 5.65. The summed E-state index contributed by atoms with van der Waals surface area (Å²) in [6.07, 6.45) is 3.46. The molecule has 0 unspecified atom stereocenters. The van der Waals surface area contributed by atoms with Gasteiger partial charge in [-0.25, -0.2) is 13.8 Å². The van der Waals surface area contributed by atoms with E-state index in [-0.39, 0.29) is 18.2 Å². The Morgan fingerprint density at radius 3 is 2.22 bits per heavy atom. The minimum absolute atomic E-state index is 0.187. The number of halogens is 2. The second-order valence-electron chi connectivity index (χ2n) is 4.81. The largest absolute Gasteiger partial charge is 0.444 e. The molecule has 0 N–H and O–H groups in total. The third-order valence-corrected chi connectivity index (χ3v) is 3.22. The summed E-state index contributed by atoms with van der Waals surface area (Å²) in [5.74, 6) is -0.365. The van der Waals surface area contributed by atoms with Gasteiger partial charge < -0.3 is 4.42 Å². The van der Waals surface area contributed by atoms with Crippen molar-refractivity contribution in [3.05, 3.63) is 72.1 Å². The molecule has 0 spiro atoms. The standard InChI is InChI=1S/C17H11F2N3O/c18-13-3-1-12(2-4-13)17-21-15(10-23-17)9-22(11-20)16-7-5-14(19)6-8-16/h1-8,10H,9H2. The van der Waals surface area contributed by atoms with Crippen molar-refractivity contribution in [2.75, 3.05) is 4.90 Å². The van der Waals surface area contributed by atoms with Crippen molar-refractivity contribution < 1.29 is 13.2 Å². The van der Waals surface area contributed by atoms with E-state index in [1.807, 2.05) is 6.19 Å². The van der Waals surface area contributed by atoms with E-state index in [2.05, 4.69) is 4.98 Å². The lowest BCUT2D eigenvalue weighted by Crippen LogP contribution is -2.15. The number of aromatic nitrogens is 1. The van der Waals surface area contributed by atoms with Crippen LogP contribution in [-0.2, 0) is 6.54 Å². The van der Waals surface area contributed by atoms with Gasteiger partial charge in [0.2, 0.25) is 5.89 Å². The number of anilines is 1. The second-order valence-corrected chi connectivity index (χ2v) is 4.81. The minimum atomic E-state index is -0.369. The Balaban J connectivity index is 1.79. The highest BCUT2D eigenvalue weighted by Gasteiger charge is 2.12. The highest BCUT2D eigenvalue weighted by Crippen LogP contribution is 2.21. The molecule has 0 bridgehead atoms. The van der Waals surface area contributed by atoms with Crippen LogP contribution in [0.25, 0.3) is 11.5 Å². The van der Waals surface area contributed by atoms with Crippen LogP contribution in [0.2, 0.25) is 0 Å². The monoisotopic (exact) mass is 311 g/mol. The molecular formula is C17H11F2N3O. The lowest BCUT2D eigenvalue weighted by Gasteiger charge is -2.13. The molecule has 4 nitrogen and oxygen atoms in total. The molecule has 1 aromatic heterocycles. The first kappa shape index (κ1) is 14.7. The van der Waals surface area contributed by atoms with Gasteiger partial charge in [-0.2, -0.15) is 5.26 Å². The molecule has 0 aliphatic carbocycles. The zero-order valence-corrected chi connectivity index (χ0v) is 11.9. The van der Waals surface area contributed by atoms with E-state index in [0.29, 0.717) is 22.8 Å². The zero-order valence-electron chi connectivity index (χ0n) is 11.9. The molecule has 1 heterocycles. The third-order valence-electron chi connectivity index (χ3n) is 3.22. The van der Waals surface area contributed by atoms with Gasteiger partial charge >= 0.3 is 0 Å². The third kappa shape index (κ3) is 3.35. The number of hydrogen-bond acceptors (Lipinski definition) is 4. The maximum Gasteiger partial charge on any atom is 0.226 e. The van der Waals surface area contributed by atoms with E-state index >= 15 is 0 Å². The van der Waals surface area contributed by atoms with Crippen LogP contribution in [0.1, 0.15) is 5.69 Å². The molecule has 3 aromatic rings. The quantitative estimate of drug-likeness (QED) is 0.537. The van der Waals surface area contributed by atoms with Crippen LogP contribution >= 0.6 is 0 Å². The van der Waals surface area contributed by atoms with Gasteiger partial charge in [-0.1, -0.05) is 0 Å². The predicted octanol–water partition coefficient (Wildman–Crippen LogP) is 4.11. The Morgan fingerprint density at radius 2 is 1.61 bits per heavy atom. The van der Waals surface area contributed by atoms with Gasteiger partial charge in [0.25, 0.3) is 0 Å². The van der Waals surface area contributed by atoms with Crippen LogP contribution in [0.3, 0.4) is 0 Å². The Labute approximate surface area is 131 Å². The van der Waals surface area contributed by atoms with E-state index in [1.165, 1.54) is 47.6 Å². The van der Waals surface area contributed by atoms with Crippen molar-refractivity contribution in [3.63, 3.8) is 0 Å². The average Bonchev–Trinajstić information content (AvgIpc) is 3.03. The highest BCUT2D eigenvalue weighted by atomic mass is 19.1. The first-order valence-electron chi connectivity index (χ1n) is 6.79. The summed E-state index contributed by atoms with van der Waals surface area (Å²) in [5.41, 5.74) is 1.73. The van der Waals surface area contributed by atoms with Gasteiger partial charge in [0, 0.05) is 5.56 Å². The first-order chi connectivity index (χ1) is 11.2. The van der Waals surface area contributed by atoms with Crippen LogP contribution < -0.4 is 4.90 Å². The highest BCUT2D eigenvalue weighted by molar-refractivity contribution is 5.54. The van der Waals surface area contributed by atoms with Crippen molar-refractivity contribution in [2.45, 2.75) is 6.54 Å². The Kier molecular flexibility index (Phi) is 4.02. The van der Waals surface area contributed by atoms with Crippen LogP contribution in [0.15, 0.2) is 59.2 Å². The summed E-state index contributed by atoms with van der Waals surface area (Å²) < 4.78 is 31.2. The molecule has 3 rings (SSSR count). The number of oxazole rings is 1. The molecule has 114 valence electrons. The lowest BCUT2D eigenvalue weighted by molar-refractivity contribution is 0.572. The SMILES string of the molecule is N#CN(Cc1coc(-c2ccc(F)cc2)n1)c1ccc(F)cc1. The van der Waals surface area contributed by atoms with Gasteiger partial charge in [-0.05, 0) is 48.5 Å². The molecule has 0 saturated carbocycles. The van der Waals surface area contributed by atoms with E-state index in [1.54, 1.807) is 12.1 Å². The molecule has 23 heavy (non-hydrogen) atoms. The first-order valence-corrected chi connectivity index (χ1v) is 6.79. The normalized spacial score (nSPS) is 10.3. The fourth-order valence-electron chi connectivity index (χ4n) is 2.07. The van der Waals surface area contributed by atoms with Gasteiger partial charge in [-0.3, -0.25) is 4.90 Å².